The standard InChI is InChI=1S/C28H57NO4/c1-25(29)28(33)22-18-14-10-5-3-2-4-7-11-15-19-26(31)20-16-12-8-6-9-13-17-21-27(32)23-24-30/h25,27-28,30,32-33H,2-24,29H2,1H3/t25-,27-,28-/m1/s1. The summed E-state index contributed by atoms with van der Waals surface area (Å²) in [6.45, 7) is 1.94. The van der Waals surface area contributed by atoms with Crippen LogP contribution in [0.5, 0.6) is 0 Å². The number of unbranched alkanes of at least 4 members (excludes halogenated alkanes) is 15. The van der Waals surface area contributed by atoms with Crippen molar-refractivity contribution in [1.29, 1.82) is 0 Å². The van der Waals surface area contributed by atoms with Gasteiger partial charge in [0.15, 0.2) is 0 Å². The van der Waals surface area contributed by atoms with Crippen LogP contribution in [0.15, 0.2) is 0 Å². The van der Waals surface area contributed by atoms with Crippen LogP contribution in [-0.2, 0) is 4.79 Å². The van der Waals surface area contributed by atoms with E-state index in [2.05, 4.69) is 0 Å². The highest BCUT2D eigenvalue weighted by molar-refractivity contribution is 5.78. The molecule has 0 aromatic carbocycles. The van der Waals surface area contributed by atoms with E-state index in [-0.39, 0.29) is 24.9 Å². The van der Waals surface area contributed by atoms with Crippen LogP contribution >= 0.6 is 0 Å². The van der Waals surface area contributed by atoms with Crippen molar-refractivity contribution < 1.29 is 20.1 Å². The highest BCUT2D eigenvalue weighted by atomic mass is 16.3. The fourth-order valence-corrected chi connectivity index (χ4v) is 4.36. The SMILES string of the molecule is C[C@@H](N)[C@H](O)CCCCCCCCCCCCC(=O)CCCCCCCCC[C@@H](O)CCO. The van der Waals surface area contributed by atoms with E-state index in [1.165, 1.54) is 70.6 Å². The number of Topliss-reactive ketones (excluding diaryl/α,β-unsaturated/α-hetero) is 1. The zero-order valence-electron chi connectivity index (χ0n) is 21.8. The number of hydrogen-bond acceptors (Lipinski definition) is 5. The normalized spacial score (nSPS) is 14.3. The molecule has 0 rings (SSSR count). The molecule has 0 fully saturated rings. The third kappa shape index (κ3) is 24.4. The van der Waals surface area contributed by atoms with Crippen molar-refractivity contribution in [3.8, 4) is 0 Å². The fourth-order valence-electron chi connectivity index (χ4n) is 4.36. The van der Waals surface area contributed by atoms with Gasteiger partial charge < -0.3 is 21.1 Å². The van der Waals surface area contributed by atoms with Crippen molar-refractivity contribution in [3.63, 3.8) is 0 Å². The molecule has 5 N–H and O–H groups in total. The number of hydrogen-bond donors (Lipinski definition) is 4. The lowest BCUT2D eigenvalue weighted by Gasteiger charge is -2.13. The summed E-state index contributed by atoms with van der Waals surface area (Å²) in [4.78, 5) is 12.0. The first kappa shape index (κ1) is 32.5. The maximum absolute atomic E-state index is 12.0. The van der Waals surface area contributed by atoms with E-state index in [0.29, 0.717) is 12.2 Å². The van der Waals surface area contributed by atoms with E-state index in [9.17, 15) is 15.0 Å². The molecule has 3 atom stereocenters. The molecule has 0 saturated heterocycles. The molecule has 0 aliphatic carbocycles. The highest BCUT2D eigenvalue weighted by Gasteiger charge is 2.08. The first-order valence-electron chi connectivity index (χ1n) is 14.2. The van der Waals surface area contributed by atoms with Crippen LogP contribution in [0.1, 0.15) is 148 Å². The third-order valence-electron chi connectivity index (χ3n) is 6.77. The van der Waals surface area contributed by atoms with Crippen molar-refractivity contribution in [1.82, 2.24) is 0 Å². The van der Waals surface area contributed by atoms with Crippen LogP contribution in [0.25, 0.3) is 0 Å². The maximum Gasteiger partial charge on any atom is 0.132 e. The molecule has 0 saturated carbocycles. The maximum atomic E-state index is 12.0. The van der Waals surface area contributed by atoms with Gasteiger partial charge in [0, 0.05) is 25.5 Å². The predicted molar refractivity (Wildman–Crippen MR) is 139 cm³/mol. The molecule has 0 aromatic rings. The topological polar surface area (TPSA) is 104 Å². The fraction of sp³-hybridized carbons (Fsp3) is 0.964. The van der Waals surface area contributed by atoms with Gasteiger partial charge in [-0.25, -0.2) is 0 Å². The Labute approximate surface area is 204 Å². The lowest BCUT2D eigenvalue weighted by atomic mass is 10.0. The first-order chi connectivity index (χ1) is 16.0. The monoisotopic (exact) mass is 471 g/mol. The van der Waals surface area contributed by atoms with Crippen LogP contribution in [0, 0.1) is 0 Å². The summed E-state index contributed by atoms with van der Waals surface area (Å²) in [6, 6.07) is -0.114. The number of aliphatic hydroxyl groups is 3. The summed E-state index contributed by atoms with van der Waals surface area (Å²) >= 11 is 0. The van der Waals surface area contributed by atoms with Gasteiger partial charge in [-0.2, -0.15) is 0 Å². The van der Waals surface area contributed by atoms with Gasteiger partial charge in [0.05, 0.1) is 12.2 Å². The van der Waals surface area contributed by atoms with Gasteiger partial charge >= 0.3 is 0 Å². The number of carbonyl (C=O) groups is 1. The second-order valence-electron chi connectivity index (χ2n) is 10.2. The molecule has 0 bridgehead atoms. The summed E-state index contributed by atoms with van der Waals surface area (Å²) in [5.41, 5.74) is 5.67. The van der Waals surface area contributed by atoms with E-state index >= 15 is 0 Å². The molecule has 0 amide bonds. The molecule has 0 aromatic heterocycles. The zero-order chi connectivity index (χ0) is 24.6. The van der Waals surface area contributed by atoms with Gasteiger partial charge in [-0.05, 0) is 39.0 Å². The summed E-state index contributed by atoms with van der Waals surface area (Å²) in [5, 5.41) is 28.0. The lowest BCUT2D eigenvalue weighted by Crippen LogP contribution is -2.31. The van der Waals surface area contributed by atoms with E-state index < -0.39 is 0 Å². The molecular formula is C28H57NO4. The van der Waals surface area contributed by atoms with Gasteiger partial charge in [0.25, 0.3) is 0 Å². The Kier molecular flexibility index (Phi) is 24.3. The molecular weight excluding hydrogens is 414 g/mol. The Hall–Kier alpha value is -0.490. The van der Waals surface area contributed by atoms with Crippen molar-refractivity contribution in [2.75, 3.05) is 6.61 Å². The molecule has 0 spiro atoms. The van der Waals surface area contributed by atoms with E-state index in [0.717, 1.165) is 64.2 Å². The van der Waals surface area contributed by atoms with Crippen LogP contribution in [0.3, 0.4) is 0 Å². The number of aliphatic hydroxyl groups excluding tert-OH is 3. The second-order valence-corrected chi connectivity index (χ2v) is 10.2. The highest BCUT2D eigenvalue weighted by Crippen LogP contribution is 2.15. The lowest BCUT2D eigenvalue weighted by molar-refractivity contribution is -0.119. The minimum Gasteiger partial charge on any atom is -0.396 e. The van der Waals surface area contributed by atoms with E-state index in [1.54, 1.807) is 0 Å². The molecule has 198 valence electrons. The second kappa shape index (κ2) is 24.6. The number of nitrogens with two attached hydrogens (primary N) is 1. The molecule has 33 heavy (non-hydrogen) atoms. The van der Waals surface area contributed by atoms with Crippen molar-refractivity contribution in [2.24, 2.45) is 5.73 Å². The Morgan fingerprint density at radius 1 is 0.606 bits per heavy atom. The zero-order valence-corrected chi connectivity index (χ0v) is 21.8. The molecule has 5 heteroatoms. The predicted octanol–water partition coefficient (Wildman–Crippen LogP) is 6.20. The Morgan fingerprint density at radius 2 is 0.970 bits per heavy atom. The number of ketones is 1. The van der Waals surface area contributed by atoms with Crippen molar-refractivity contribution >= 4 is 5.78 Å². The van der Waals surface area contributed by atoms with Crippen LogP contribution in [0.4, 0.5) is 0 Å². The first-order valence-corrected chi connectivity index (χ1v) is 14.2. The molecule has 5 nitrogen and oxygen atoms in total. The van der Waals surface area contributed by atoms with Crippen LogP contribution in [-0.4, -0.2) is 46.0 Å². The van der Waals surface area contributed by atoms with E-state index in [1.807, 2.05) is 6.92 Å². The average molecular weight is 472 g/mol. The van der Waals surface area contributed by atoms with Crippen LogP contribution < -0.4 is 5.73 Å². The largest absolute Gasteiger partial charge is 0.396 e. The molecule has 0 heterocycles. The quantitative estimate of drug-likeness (QED) is 0.112. The van der Waals surface area contributed by atoms with Crippen molar-refractivity contribution in [3.05, 3.63) is 0 Å². The molecule has 0 aliphatic rings. The van der Waals surface area contributed by atoms with Gasteiger partial charge in [-0.1, -0.05) is 96.3 Å². The van der Waals surface area contributed by atoms with Gasteiger partial charge in [0.1, 0.15) is 5.78 Å². The summed E-state index contributed by atoms with van der Waals surface area (Å²) < 4.78 is 0. The Balaban J connectivity index is 3.23. The minimum absolute atomic E-state index is 0.0737. The molecule has 0 radical (unpaired) electrons. The minimum atomic E-state index is -0.345. The van der Waals surface area contributed by atoms with Gasteiger partial charge in [-0.3, -0.25) is 4.79 Å². The summed E-state index contributed by atoms with van der Waals surface area (Å²) in [7, 11) is 0. The summed E-state index contributed by atoms with van der Waals surface area (Å²) in [6.07, 6.45) is 23.2. The Bertz CT molecular complexity index is 417. The molecule has 0 unspecified atom stereocenters. The van der Waals surface area contributed by atoms with Gasteiger partial charge in [-0.15, -0.1) is 0 Å². The summed E-state index contributed by atoms with van der Waals surface area (Å²) in [5.74, 6) is 0.446. The van der Waals surface area contributed by atoms with Crippen molar-refractivity contribution in [2.45, 2.75) is 166 Å². The van der Waals surface area contributed by atoms with Crippen LogP contribution in [0.2, 0.25) is 0 Å². The smallest absolute Gasteiger partial charge is 0.132 e. The Morgan fingerprint density at radius 3 is 1.36 bits per heavy atom. The third-order valence-corrected chi connectivity index (χ3v) is 6.77. The number of carbonyl (C=O) groups excluding carboxylic acids is 1. The number of rotatable bonds is 26. The average Bonchev–Trinajstić information content (AvgIpc) is 2.78. The van der Waals surface area contributed by atoms with E-state index in [4.69, 9.17) is 10.8 Å². The molecule has 0 aliphatic heterocycles. The van der Waals surface area contributed by atoms with Gasteiger partial charge in [0.2, 0.25) is 0 Å².